The second-order valence-corrected chi connectivity index (χ2v) is 5.00. The number of hydrogen-bond acceptors (Lipinski definition) is 4. The van der Waals surface area contributed by atoms with Crippen LogP contribution in [0.4, 0.5) is 0 Å². The number of aliphatic hydroxyl groups is 1. The lowest BCUT2D eigenvalue weighted by molar-refractivity contribution is -0.0531. The normalized spacial score (nSPS) is 19.1. The Morgan fingerprint density at radius 2 is 2.35 bits per heavy atom. The predicted octanol–water partition coefficient (Wildman–Crippen LogP) is 0.975. The van der Waals surface area contributed by atoms with Gasteiger partial charge in [0.05, 0.1) is 25.9 Å². The summed E-state index contributed by atoms with van der Waals surface area (Å²) in [5, 5.41) is 9.29. The maximum absolute atomic E-state index is 12.5. The van der Waals surface area contributed by atoms with Gasteiger partial charge >= 0.3 is 0 Å². The number of amides is 1. The Hall–Kier alpha value is -1.43. The summed E-state index contributed by atoms with van der Waals surface area (Å²) in [5.41, 5.74) is 2.39. The fourth-order valence-corrected chi connectivity index (χ4v) is 2.35. The average molecular weight is 279 g/mol. The number of methoxy groups -OCH3 is 1. The molecule has 0 spiro atoms. The van der Waals surface area contributed by atoms with E-state index in [2.05, 4.69) is 0 Å². The molecule has 1 amide bonds. The summed E-state index contributed by atoms with van der Waals surface area (Å²) >= 11 is 0. The second kappa shape index (κ2) is 6.83. The molecule has 0 radical (unpaired) electrons. The van der Waals surface area contributed by atoms with Crippen LogP contribution in [0, 0.1) is 6.92 Å². The fourth-order valence-electron chi connectivity index (χ4n) is 2.35. The van der Waals surface area contributed by atoms with Gasteiger partial charge < -0.3 is 19.5 Å². The van der Waals surface area contributed by atoms with Crippen LogP contribution in [0.3, 0.4) is 0 Å². The van der Waals surface area contributed by atoms with Gasteiger partial charge in [0.2, 0.25) is 0 Å². The van der Waals surface area contributed by atoms with Crippen molar-refractivity contribution in [1.82, 2.24) is 4.90 Å². The van der Waals surface area contributed by atoms with E-state index < -0.39 is 0 Å². The highest BCUT2D eigenvalue weighted by Gasteiger charge is 2.25. The van der Waals surface area contributed by atoms with E-state index in [0.29, 0.717) is 31.9 Å². The lowest BCUT2D eigenvalue weighted by Crippen LogP contribution is -2.47. The minimum absolute atomic E-state index is 0.0240. The zero-order valence-electron chi connectivity index (χ0n) is 12.0. The van der Waals surface area contributed by atoms with E-state index in [1.807, 2.05) is 13.0 Å². The number of carbonyl (C=O) groups is 1. The van der Waals surface area contributed by atoms with E-state index in [0.717, 1.165) is 11.1 Å². The van der Waals surface area contributed by atoms with Crippen LogP contribution in [0.5, 0.6) is 0 Å². The van der Waals surface area contributed by atoms with E-state index >= 15 is 0 Å². The lowest BCUT2D eigenvalue weighted by Gasteiger charge is -2.32. The lowest BCUT2D eigenvalue weighted by atomic mass is 10.0. The zero-order valence-corrected chi connectivity index (χ0v) is 12.0. The summed E-state index contributed by atoms with van der Waals surface area (Å²) in [4.78, 5) is 14.3. The van der Waals surface area contributed by atoms with Gasteiger partial charge in [-0.3, -0.25) is 4.79 Å². The minimum atomic E-state index is -0.0690. The van der Waals surface area contributed by atoms with Crippen molar-refractivity contribution in [3.05, 3.63) is 34.9 Å². The van der Waals surface area contributed by atoms with Gasteiger partial charge in [-0.15, -0.1) is 0 Å². The van der Waals surface area contributed by atoms with Crippen molar-refractivity contribution >= 4 is 5.91 Å². The molecular formula is C15H21NO4. The number of aryl methyl sites for hydroxylation is 1. The molecular weight excluding hydrogens is 258 g/mol. The summed E-state index contributed by atoms with van der Waals surface area (Å²) in [7, 11) is 1.62. The van der Waals surface area contributed by atoms with Gasteiger partial charge in [0.1, 0.15) is 0 Å². The maximum atomic E-state index is 12.5. The van der Waals surface area contributed by atoms with Gasteiger partial charge in [0.15, 0.2) is 0 Å². The van der Waals surface area contributed by atoms with Crippen molar-refractivity contribution in [1.29, 1.82) is 0 Å². The van der Waals surface area contributed by atoms with E-state index in [1.165, 1.54) is 0 Å². The first-order chi connectivity index (χ1) is 9.65. The molecule has 110 valence electrons. The number of rotatable bonds is 4. The molecule has 1 fully saturated rings. The van der Waals surface area contributed by atoms with Crippen LogP contribution >= 0.6 is 0 Å². The number of aliphatic hydroxyl groups excluding tert-OH is 1. The van der Waals surface area contributed by atoms with Crippen LogP contribution in [0.15, 0.2) is 18.2 Å². The summed E-state index contributed by atoms with van der Waals surface area (Å²) in [6.07, 6.45) is -0.0690. The molecule has 2 rings (SSSR count). The van der Waals surface area contributed by atoms with Gasteiger partial charge in [-0.05, 0) is 30.2 Å². The van der Waals surface area contributed by atoms with Gasteiger partial charge in [0.25, 0.3) is 5.91 Å². The number of morpholine rings is 1. The van der Waals surface area contributed by atoms with E-state index in [9.17, 15) is 9.90 Å². The van der Waals surface area contributed by atoms with Crippen LogP contribution < -0.4 is 0 Å². The Labute approximate surface area is 119 Å². The SMILES string of the molecule is COC[C@H]1CN(C(=O)c2ccc(C)c(CO)c2)CCO1. The molecule has 0 bridgehead atoms. The highest BCUT2D eigenvalue weighted by atomic mass is 16.5. The summed E-state index contributed by atoms with van der Waals surface area (Å²) in [6.45, 7) is 4.00. The second-order valence-electron chi connectivity index (χ2n) is 5.00. The molecule has 1 aliphatic heterocycles. The minimum Gasteiger partial charge on any atom is -0.392 e. The molecule has 5 nitrogen and oxygen atoms in total. The van der Waals surface area contributed by atoms with Gasteiger partial charge in [-0.2, -0.15) is 0 Å². The van der Waals surface area contributed by atoms with Crippen LogP contribution in [0.1, 0.15) is 21.5 Å². The monoisotopic (exact) mass is 279 g/mol. The molecule has 0 aliphatic carbocycles. The molecule has 1 N–H and O–H groups in total. The molecule has 0 unspecified atom stereocenters. The van der Waals surface area contributed by atoms with Crippen molar-refractivity contribution in [3.8, 4) is 0 Å². The molecule has 5 heteroatoms. The van der Waals surface area contributed by atoms with E-state index in [4.69, 9.17) is 9.47 Å². The van der Waals surface area contributed by atoms with Crippen LogP contribution in [0.25, 0.3) is 0 Å². The highest BCUT2D eigenvalue weighted by molar-refractivity contribution is 5.94. The first kappa shape index (κ1) is 15.0. The third kappa shape index (κ3) is 3.36. The number of hydrogen-bond donors (Lipinski definition) is 1. The Bertz CT molecular complexity index is 473. The Balaban J connectivity index is 2.10. The topological polar surface area (TPSA) is 59.0 Å². The van der Waals surface area contributed by atoms with Crippen molar-refractivity contribution in [2.45, 2.75) is 19.6 Å². The van der Waals surface area contributed by atoms with E-state index in [1.54, 1.807) is 24.1 Å². The Morgan fingerprint density at radius 3 is 3.05 bits per heavy atom. The van der Waals surface area contributed by atoms with Crippen LogP contribution in [-0.4, -0.2) is 55.4 Å². The van der Waals surface area contributed by atoms with Crippen molar-refractivity contribution < 1.29 is 19.4 Å². The fraction of sp³-hybridized carbons (Fsp3) is 0.533. The predicted molar refractivity (Wildman–Crippen MR) is 74.6 cm³/mol. The van der Waals surface area contributed by atoms with Gasteiger partial charge in [-0.1, -0.05) is 6.07 Å². The van der Waals surface area contributed by atoms with E-state index in [-0.39, 0.29) is 18.6 Å². The molecule has 0 saturated carbocycles. The molecule has 1 atom stereocenters. The van der Waals surface area contributed by atoms with Crippen molar-refractivity contribution in [2.75, 3.05) is 33.4 Å². The first-order valence-electron chi connectivity index (χ1n) is 6.76. The van der Waals surface area contributed by atoms with Gasteiger partial charge in [0, 0.05) is 25.8 Å². The highest BCUT2D eigenvalue weighted by Crippen LogP contribution is 2.15. The first-order valence-corrected chi connectivity index (χ1v) is 6.76. The molecule has 1 heterocycles. The summed E-state index contributed by atoms with van der Waals surface area (Å²) in [5.74, 6) is -0.0240. The third-order valence-corrected chi connectivity index (χ3v) is 3.54. The molecule has 0 aromatic heterocycles. The molecule has 1 aromatic carbocycles. The number of ether oxygens (including phenoxy) is 2. The smallest absolute Gasteiger partial charge is 0.254 e. The Kier molecular flexibility index (Phi) is 5.11. The van der Waals surface area contributed by atoms with Crippen LogP contribution in [0.2, 0.25) is 0 Å². The average Bonchev–Trinajstić information content (AvgIpc) is 2.48. The summed E-state index contributed by atoms with van der Waals surface area (Å²) < 4.78 is 10.6. The molecule has 1 saturated heterocycles. The zero-order chi connectivity index (χ0) is 14.5. The van der Waals surface area contributed by atoms with Crippen LogP contribution in [-0.2, 0) is 16.1 Å². The molecule has 1 aromatic rings. The summed E-state index contributed by atoms with van der Waals surface area (Å²) in [6, 6.07) is 5.43. The quantitative estimate of drug-likeness (QED) is 0.892. The van der Waals surface area contributed by atoms with Crippen molar-refractivity contribution in [3.63, 3.8) is 0 Å². The largest absolute Gasteiger partial charge is 0.392 e. The molecule has 20 heavy (non-hydrogen) atoms. The maximum Gasteiger partial charge on any atom is 0.254 e. The number of carbonyl (C=O) groups excluding carboxylic acids is 1. The van der Waals surface area contributed by atoms with Crippen molar-refractivity contribution in [2.24, 2.45) is 0 Å². The number of benzene rings is 1. The number of nitrogens with zero attached hydrogens (tertiary/aromatic N) is 1. The molecule has 1 aliphatic rings. The Morgan fingerprint density at radius 1 is 1.55 bits per heavy atom. The third-order valence-electron chi connectivity index (χ3n) is 3.54. The van der Waals surface area contributed by atoms with Gasteiger partial charge in [-0.25, -0.2) is 0 Å². The standard InChI is InChI=1S/C15H21NO4/c1-11-3-4-12(7-13(11)9-17)15(18)16-5-6-20-14(8-16)10-19-2/h3-4,7,14,17H,5-6,8-10H2,1-2H3/t14-/m1/s1.